The van der Waals surface area contributed by atoms with E-state index in [0.717, 1.165) is 10.0 Å². The highest BCUT2D eigenvalue weighted by molar-refractivity contribution is 9.24. The molecule has 0 saturated heterocycles. The topological polar surface area (TPSA) is 26.3 Å². The number of esters is 1. The van der Waals surface area contributed by atoms with Crippen molar-refractivity contribution in [1.29, 1.82) is 0 Å². The van der Waals surface area contributed by atoms with Gasteiger partial charge in [-0.05, 0) is 30.7 Å². The Labute approximate surface area is 114 Å². The second-order valence-corrected chi connectivity index (χ2v) is 6.73. The predicted molar refractivity (Wildman–Crippen MR) is 70.7 cm³/mol. The van der Waals surface area contributed by atoms with Gasteiger partial charge in [-0.25, -0.2) is 4.79 Å². The smallest absolute Gasteiger partial charge is 0.338 e. The maximum atomic E-state index is 11.6. The van der Waals surface area contributed by atoms with Crippen LogP contribution in [0.15, 0.2) is 22.7 Å². The molecule has 0 unspecified atom stereocenters. The van der Waals surface area contributed by atoms with Crippen LogP contribution in [0.25, 0.3) is 0 Å². The van der Waals surface area contributed by atoms with E-state index >= 15 is 0 Å². The molecular weight excluding hydrogens is 392 g/mol. The number of carbonyl (C=O) groups is 1. The van der Waals surface area contributed by atoms with Gasteiger partial charge in [0.15, 0.2) is 0 Å². The Bertz CT molecular complexity index is 364. The lowest BCUT2D eigenvalue weighted by atomic mass is 10.1. The van der Waals surface area contributed by atoms with Crippen LogP contribution in [-0.2, 0) is 4.74 Å². The van der Waals surface area contributed by atoms with Crippen molar-refractivity contribution in [3.8, 4) is 0 Å². The molecule has 1 rings (SSSR count). The van der Waals surface area contributed by atoms with Gasteiger partial charge in [0.05, 0.1) is 15.9 Å². The first-order valence-corrected chi connectivity index (χ1v) is 6.93. The Morgan fingerprint density at radius 2 is 2.13 bits per heavy atom. The summed E-state index contributed by atoms with van der Waals surface area (Å²) in [6.45, 7) is 2.17. The van der Waals surface area contributed by atoms with E-state index in [2.05, 4.69) is 47.8 Å². The SMILES string of the molecule is CCOC(=O)c1ccc(Br)cc1C(Br)Br. The Morgan fingerprint density at radius 3 is 2.67 bits per heavy atom. The average Bonchev–Trinajstić information content (AvgIpc) is 2.17. The Hall–Kier alpha value is 0.130. The molecular formula is C10H9Br3O2. The zero-order valence-electron chi connectivity index (χ0n) is 7.97. The van der Waals surface area contributed by atoms with Crippen LogP contribution in [0.1, 0.15) is 26.6 Å². The zero-order valence-corrected chi connectivity index (χ0v) is 12.7. The molecule has 0 aliphatic carbocycles. The molecule has 5 heteroatoms. The highest BCUT2D eigenvalue weighted by Crippen LogP contribution is 2.33. The molecule has 0 amide bonds. The van der Waals surface area contributed by atoms with Crippen LogP contribution in [0.3, 0.4) is 0 Å². The molecule has 0 radical (unpaired) electrons. The first kappa shape index (κ1) is 13.2. The fourth-order valence-corrected chi connectivity index (χ4v) is 2.25. The highest BCUT2D eigenvalue weighted by atomic mass is 79.9. The summed E-state index contributed by atoms with van der Waals surface area (Å²) in [5.41, 5.74) is 1.42. The third kappa shape index (κ3) is 3.57. The first-order chi connectivity index (χ1) is 7.06. The standard InChI is InChI=1S/C10H9Br3O2/c1-2-15-10(14)7-4-3-6(11)5-8(7)9(12)13/h3-5,9H,2H2,1H3. The Kier molecular flexibility index (Phi) is 5.29. The fraction of sp³-hybridized carbons (Fsp3) is 0.300. The second kappa shape index (κ2) is 6.01. The minimum Gasteiger partial charge on any atom is -0.462 e. The molecule has 2 nitrogen and oxygen atoms in total. The predicted octanol–water partition coefficient (Wildman–Crippen LogP) is 4.41. The molecule has 15 heavy (non-hydrogen) atoms. The van der Waals surface area contributed by atoms with Crippen LogP contribution in [0.5, 0.6) is 0 Å². The molecule has 0 heterocycles. The van der Waals surface area contributed by atoms with E-state index in [1.807, 2.05) is 12.1 Å². The minimum absolute atomic E-state index is 0.0677. The average molecular weight is 401 g/mol. The monoisotopic (exact) mass is 398 g/mol. The summed E-state index contributed by atoms with van der Waals surface area (Å²) < 4.78 is 5.82. The van der Waals surface area contributed by atoms with Crippen molar-refractivity contribution in [1.82, 2.24) is 0 Å². The van der Waals surface area contributed by atoms with Gasteiger partial charge in [0, 0.05) is 4.47 Å². The maximum absolute atomic E-state index is 11.6. The Morgan fingerprint density at radius 1 is 1.47 bits per heavy atom. The summed E-state index contributed by atoms with van der Waals surface area (Å²) >= 11 is 10.1. The van der Waals surface area contributed by atoms with Crippen molar-refractivity contribution < 1.29 is 9.53 Å². The molecule has 0 aliphatic heterocycles. The molecule has 82 valence electrons. The molecule has 0 N–H and O–H groups in total. The lowest BCUT2D eigenvalue weighted by Crippen LogP contribution is -2.07. The number of halogens is 3. The van der Waals surface area contributed by atoms with Gasteiger partial charge in [0.25, 0.3) is 0 Å². The summed E-state index contributed by atoms with van der Waals surface area (Å²) in [6.07, 6.45) is 0. The van der Waals surface area contributed by atoms with E-state index < -0.39 is 0 Å². The van der Waals surface area contributed by atoms with Gasteiger partial charge >= 0.3 is 5.97 Å². The second-order valence-electron chi connectivity index (χ2n) is 2.75. The van der Waals surface area contributed by atoms with Crippen LogP contribution in [0.2, 0.25) is 0 Å². The molecule has 0 fully saturated rings. The van der Waals surface area contributed by atoms with Crippen LogP contribution in [0, 0.1) is 0 Å². The first-order valence-electron chi connectivity index (χ1n) is 4.31. The van der Waals surface area contributed by atoms with Gasteiger partial charge < -0.3 is 4.74 Å². The van der Waals surface area contributed by atoms with E-state index in [4.69, 9.17) is 4.74 Å². The van der Waals surface area contributed by atoms with Crippen LogP contribution < -0.4 is 0 Å². The van der Waals surface area contributed by atoms with Gasteiger partial charge in [0.2, 0.25) is 0 Å². The van der Waals surface area contributed by atoms with Gasteiger partial charge in [-0.3, -0.25) is 0 Å². The van der Waals surface area contributed by atoms with E-state index in [-0.39, 0.29) is 9.71 Å². The molecule has 0 aromatic heterocycles. The zero-order chi connectivity index (χ0) is 11.4. The summed E-state index contributed by atoms with van der Waals surface area (Å²) in [6, 6.07) is 5.44. The summed E-state index contributed by atoms with van der Waals surface area (Å²) in [5.74, 6) is -0.302. The number of ether oxygens (including phenoxy) is 1. The molecule has 1 aromatic carbocycles. The lowest BCUT2D eigenvalue weighted by Gasteiger charge is -2.10. The quantitative estimate of drug-likeness (QED) is 0.554. The van der Waals surface area contributed by atoms with Gasteiger partial charge in [0.1, 0.15) is 0 Å². The molecule has 0 atom stereocenters. The van der Waals surface area contributed by atoms with Crippen LogP contribution >= 0.6 is 47.8 Å². The minimum atomic E-state index is -0.302. The number of benzene rings is 1. The summed E-state index contributed by atoms with van der Waals surface area (Å²) in [4.78, 5) is 11.6. The number of hydrogen-bond acceptors (Lipinski definition) is 2. The largest absolute Gasteiger partial charge is 0.462 e. The van der Waals surface area contributed by atoms with Crippen molar-refractivity contribution in [3.05, 3.63) is 33.8 Å². The van der Waals surface area contributed by atoms with Crippen LogP contribution in [0.4, 0.5) is 0 Å². The number of hydrogen-bond donors (Lipinski definition) is 0. The van der Waals surface area contributed by atoms with Gasteiger partial charge in [-0.2, -0.15) is 0 Å². The summed E-state index contributed by atoms with van der Waals surface area (Å²) in [7, 11) is 0. The molecule has 0 spiro atoms. The van der Waals surface area contributed by atoms with E-state index in [1.165, 1.54) is 0 Å². The molecule has 0 aliphatic rings. The number of alkyl halides is 2. The maximum Gasteiger partial charge on any atom is 0.338 e. The number of rotatable bonds is 3. The summed E-state index contributed by atoms with van der Waals surface area (Å²) in [5, 5.41) is 0. The van der Waals surface area contributed by atoms with Crippen molar-refractivity contribution in [3.63, 3.8) is 0 Å². The van der Waals surface area contributed by atoms with E-state index in [9.17, 15) is 4.79 Å². The lowest BCUT2D eigenvalue weighted by molar-refractivity contribution is 0.0525. The normalized spacial score (nSPS) is 10.5. The fourth-order valence-electron chi connectivity index (χ4n) is 1.11. The van der Waals surface area contributed by atoms with Crippen molar-refractivity contribution in [2.24, 2.45) is 0 Å². The highest BCUT2D eigenvalue weighted by Gasteiger charge is 2.16. The molecule has 0 bridgehead atoms. The van der Waals surface area contributed by atoms with Gasteiger partial charge in [-0.15, -0.1) is 0 Å². The Balaban J connectivity index is 3.11. The third-order valence-electron chi connectivity index (χ3n) is 1.74. The number of carbonyl (C=O) groups excluding carboxylic acids is 1. The van der Waals surface area contributed by atoms with Crippen molar-refractivity contribution in [2.75, 3.05) is 6.61 Å². The molecule has 1 aromatic rings. The van der Waals surface area contributed by atoms with Gasteiger partial charge in [-0.1, -0.05) is 47.8 Å². The molecule has 0 saturated carbocycles. The van der Waals surface area contributed by atoms with Crippen molar-refractivity contribution in [2.45, 2.75) is 10.7 Å². The van der Waals surface area contributed by atoms with E-state index in [0.29, 0.717) is 12.2 Å². The van der Waals surface area contributed by atoms with E-state index in [1.54, 1.807) is 13.0 Å². The van der Waals surface area contributed by atoms with Crippen LogP contribution in [-0.4, -0.2) is 12.6 Å². The van der Waals surface area contributed by atoms with Crippen molar-refractivity contribution >= 4 is 53.8 Å². The third-order valence-corrected chi connectivity index (χ3v) is 3.22.